The Labute approximate surface area is 148 Å². The summed E-state index contributed by atoms with van der Waals surface area (Å²) in [5, 5.41) is 27.0. The minimum atomic E-state index is -0.0932. The second-order valence-corrected chi connectivity index (χ2v) is 6.51. The van der Waals surface area contributed by atoms with Gasteiger partial charge in [0.15, 0.2) is 0 Å². The van der Waals surface area contributed by atoms with Crippen LogP contribution in [0.25, 0.3) is 5.69 Å². The summed E-state index contributed by atoms with van der Waals surface area (Å²) in [7, 11) is 0. The molecule has 2 heterocycles. The highest BCUT2D eigenvalue weighted by Crippen LogP contribution is 2.35. The zero-order valence-corrected chi connectivity index (χ0v) is 14.1. The van der Waals surface area contributed by atoms with Crippen LogP contribution in [0, 0.1) is 22.7 Å². The minimum Gasteiger partial charge on any atom is -0.383 e. The van der Waals surface area contributed by atoms with Crippen molar-refractivity contribution < 1.29 is 0 Å². The van der Waals surface area contributed by atoms with Gasteiger partial charge < -0.3 is 5.73 Å². The third-order valence-electron chi connectivity index (χ3n) is 3.49. The Morgan fingerprint density at radius 1 is 1.16 bits per heavy atom. The van der Waals surface area contributed by atoms with Crippen molar-refractivity contribution in [2.45, 2.75) is 17.2 Å². The molecule has 8 heteroatoms. The summed E-state index contributed by atoms with van der Waals surface area (Å²) < 4.78 is 1.69. The van der Waals surface area contributed by atoms with Gasteiger partial charge in [0, 0.05) is 0 Å². The monoisotopic (exact) mass is 347 g/mol. The fourth-order valence-corrected chi connectivity index (χ4v) is 3.11. The number of nitrogens with two attached hydrogens (primary N) is 1. The topological polar surface area (TPSA) is 117 Å². The van der Waals surface area contributed by atoms with Crippen LogP contribution in [-0.2, 0) is 0 Å². The van der Waals surface area contributed by atoms with Gasteiger partial charge in [0.05, 0.1) is 34.0 Å². The maximum Gasteiger partial charge on any atom is 0.142 e. The maximum absolute atomic E-state index is 9.28. The van der Waals surface area contributed by atoms with Gasteiger partial charge in [0.2, 0.25) is 0 Å². The molecule has 0 fully saturated rings. The number of hydrogen-bond acceptors (Lipinski definition) is 7. The average Bonchev–Trinajstić information content (AvgIpc) is 3.13. The number of nitrogen functional groups attached to an aromatic ring is 1. The minimum absolute atomic E-state index is 0.0932. The summed E-state index contributed by atoms with van der Waals surface area (Å²) in [5.41, 5.74) is 7.94. The smallest absolute Gasteiger partial charge is 0.142 e. The first kappa shape index (κ1) is 16.5. The first-order chi connectivity index (χ1) is 12.1. The van der Waals surface area contributed by atoms with Crippen LogP contribution in [0.5, 0.6) is 0 Å². The second kappa shape index (κ2) is 7.04. The lowest BCUT2D eigenvalue weighted by atomic mass is 10.2. The van der Waals surface area contributed by atoms with Crippen molar-refractivity contribution in [1.29, 1.82) is 10.5 Å². The van der Waals surface area contributed by atoms with E-state index in [0.717, 1.165) is 11.4 Å². The van der Waals surface area contributed by atoms with Crippen LogP contribution in [0.1, 0.15) is 29.0 Å². The Morgan fingerprint density at radius 3 is 2.56 bits per heavy atom. The lowest BCUT2D eigenvalue weighted by Crippen LogP contribution is -2.00. The molecule has 0 spiro atoms. The largest absolute Gasteiger partial charge is 0.383 e. The molecule has 3 aromatic rings. The molecule has 0 saturated carbocycles. The Hall–Kier alpha value is -3.36. The zero-order chi connectivity index (χ0) is 17.8. The average molecular weight is 347 g/mol. The number of thioether (sulfide) groups is 1. The van der Waals surface area contributed by atoms with Crippen LogP contribution in [-0.4, -0.2) is 20.0 Å². The normalized spacial score (nSPS) is 11.5. The van der Waals surface area contributed by atoms with Crippen LogP contribution in [0.3, 0.4) is 0 Å². The molecule has 25 heavy (non-hydrogen) atoms. The van der Waals surface area contributed by atoms with Gasteiger partial charge in [-0.05, 0) is 25.1 Å². The molecule has 0 amide bonds. The van der Waals surface area contributed by atoms with Crippen LogP contribution in [0.15, 0.2) is 47.6 Å². The summed E-state index contributed by atoms with van der Waals surface area (Å²) in [6.07, 6.45) is 1.84. The van der Waals surface area contributed by atoms with Gasteiger partial charge >= 0.3 is 0 Å². The van der Waals surface area contributed by atoms with Crippen molar-refractivity contribution in [2.24, 2.45) is 0 Å². The van der Waals surface area contributed by atoms with Crippen molar-refractivity contribution in [3.8, 4) is 17.8 Å². The first-order valence-electron chi connectivity index (χ1n) is 7.37. The van der Waals surface area contributed by atoms with Crippen LogP contribution >= 0.6 is 11.8 Å². The fourth-order valence-electron chi connectivity index (χ4n) is 2.17. The molecule has 0 aliphatic heterocycles. The Kier molecular flexibility index (Phi) is 4.64. The van der Waals surface area contributed by atoms with Gasteiger partial charge in [0.25, 0.3) is 0 Å². The molecule has 2 N–H and O–H groups in total. The van der Waals surface area contributed by atoms with Crippen LogP contribution in [0.4, 0.5) is 5.82 Å². The van der Waals surface area contributed by atoms with Gasteiger partial charge in [-0.15, -0.1) is 5.10 Å². The molecule has 0 radical (unpaired) electrons. The zero-order valence-electron chi connectivity index (χ0n) is 13.3. The number of nitrogens with zero attached hydrogens (tertiary/aromatic N) is 6. The number of para-hydroxylation sites is 1. The quantitative estimate of drug-likeness (QED) is 0.721. The number of rotatable bonds is 4. The number of hydrogen-bond donors (Lipinski definition) is 1. The number of benzene rings is 1. The number of aromatic nitrogens is 4. The van der Waals surface area contributed by atoms with E-state index in [2.05, 4.69) is 21.4 Å². The van der Waals surface area contributed by atoms with E-state index in [1.165, 1.54) is 17.8 Å². The van der Waals surface area contributed by atoms with E-state index in [-0.39, 0.29) is 16.6 Å². The molecule has 0 aliphatic carbocycles. The molecule has 1 atom stereocenters. The molecule has 0 bridgehead atoms. The molecule has 2 aromatic heterocycles. The molecular weight excluding hydrogens is 334 g/mol. The first-order valence-corrected chi connectivity index (χ1v) is 8.25. The summed E-state index contributed by atoms with van der Waals surface area (Å²) >= 11 is 1.35. The summed E-state index contributed by atoms with van der Waals surface area (Å²) in [5.74, 6) is 0.115. The van der Waals surface area contributed by atoms with E-state index in [1.54, 1.807) is 4.68 Å². The lowest BCUT2D eigenvalue weighted by molar-refractivity contribution is 0.797. The molecular formula is C17H13N7S. The summed E-state index contributed by atoms with van der Waals surface area (Å²) in [6.45, 7) is 1.95. The SMILES string of the molecule is CC(Sc1nc(N)c(C#N)cc1C#N)c1cn(-c2ccccc2)nn1. The standard InChI is InChI=1S/C17H13N7S/c1-11(15-10-24(23-22-15)14-5-3-2-4-6-14)25-17-13(9-19)7-12(8-18)16(20)21-17/h2-7,10-11H,1H3,(H2,20,21). The Bertz CT molecular complexity index is 982. The lowest BCUT2D eigenvalue weighted by Gasteiger charge is -2.09. The van der Waals surface area contributed by atoms with Gasteiger partial charge in [0.1, 0.15) is 23.0 Å². The molecule has 122 valence electrons. The van der Waals surface area contributed by atoms with E-state index < -0.39 is 0 Å². The molecule has 0 saturated heterocycles. The van der Waals surface area contributed by atoms with E-state index in [0.29, 0.717) is 10.6 Å². The van der Waals surface area contributed by atoms with Crippen LogP contribution < -0.4 is 5.73 Å². The van der Waals surface area contributed by atoms with Crippen molar-refractivity contribution >= 4 is 17.6 Å². The maximum atomic E-state index is 9.28. The van der Waals surface area contributed by atoms with Crippen LogP contribution in [0.2, 0.25) is 0 Å². The summed E-state index contributed by atoms with van der Waals surface area (Å²) in [6, 6.07) is 15.1. The van der Waals surface area contributed by atoms with Crippen molar-refractivity contribution in [1.82, 2.24) is 20.0 Å². The predicted octanol–water partition coefficient (Wildman–Crippen LogP) is 2.84. The number of nitriles is 2. The third kappa shape index (κ3) is 3.44. The highest BCUT2D eigenvalue weighted by molar-refractivity contribution is 7.99. The van der Waals surface area contributed by atoms with Gasteiger partial charge in [-0.2, -0.15) is 10.5 Å². The summed E-state index contributed by atoms with van der Waals surface area (Å²) in [4.78, 5) is 4.19. The highest BCUT2D eigenvalue weighted by Gasteiger charge is 2.17. The molecule has 3 rings (SSSR count). The third-order valence-corrected chi connectivity index (χ3v) is 4.62. The van der Waals surface area contributed by atoms with Gasteiger partial charge in [-0.1, -0.05) is 35.2 Å². The van der Waals surface area contributed by atoms with E-state index in [9.17, 15) is 5.26 Å². The predicted molar refractivity (Wildman–Crippen MR) is 93.7 cm³/mol. The van der Waals surface area contributed by atoms with Gasteiger partial charge in [-0.3, -0.25) is 0 Å². The van der Waals surface area contributed by atoms with Crippen molar-refractivity contribution in [2.75, 3.05) is 5.73 Å². The molecule has 0 aliphatic rings. The van der Waals surface area contributed by atoms with Gasteiger partial charge in [-0.25, -0.2) is 9.67 Å². The Morgan fingerprint density at radius 2 is 1.88 bits per heavy atom. The fraction of sp³-hybridized carbons (Fsp3) is 0.118. The molecule has 7 nitrogen and oxygen atoms in total. The number of pyridine rings is 1. The molecule has 1 aromatic carbocycles. The second-order valence-electron chi connectivity index (χ2n) is 5.18. The Balaban J connectivity index is 1.85. The highest BCUT2D eigenvalue weighted by atomic mass is 32.2. The molecule has 1 unspecified atom stereocenters. The van der Waals surface area contributed by atoms with E-state index in [1.807, 2.05) is 49.5 Å². The van der Waals surface area contributed by atoms with E-state index >= 15 is 0 Å². The van der Waals surface area contributed by atoms with Crippen molar-refractivity contribution in [3.63, 3.8) is 0 Å². The van der Waals surface area contributed by atoms with E-state index in [4.69, 9.17) is 11.0 Å². The number of anilines is 1. The van der Waals surface area contributed by atoms with Crippen molar-refractivity contribution in [3.05, 3.63) is 59.4 Å².